The van der Waals surface area contributed by atoms with Crippen molar-refractivity contribution in [2.45, 2.75) is 52.1 Å². The molecule has 0 bridgehead atoms. The first-order chi connectivity index (χ1) is 7.92. The van der Waals surface area contributed by atoms with E-state index in [1.807, 2.05) is 20.8 Å². The predicted octanol–water partition coefficient (Wildman–Crippen LogP) is 2.61. The first-order valence-electron chi connectivity index (χ1n) is 6.34. The van der Waals surface area contributed by atoms with Crippen molar-refractivity contribution in [1.82, 2.24) is 4.90 Å². The van der Waals surface area contributed by atoms with Gasteiger partial charge in [0, 0.05) is 19.5 Å². The highest BCUT2D eigenvalue weighted by Crippen LogP contribution is 2.21. The summed E-state index contributed by atoms with van der Waals surface area (Å²) in [5, 5.41) is 0. The predicted molar refractivity (Wildman–Crippen MR) is 65.8 cm³/mol. The molecule has 17 heavy (non-hydrogen) atoms. The van der Waals surface area contributed by atoms with Crippen LogP contribution in [0.5, 0.6) is 0 Å². The number of aldehydes is 1. The molecule has 0 N–H and O–H groups in total. The molecule has 0 aliphatic carbocycles. The van der Waals surface area contributed by atoms with Gasteiger partial charge in [0.2, 0.25) is 0 Å². The summed E-state index contributed by atoms with van der Waals surface area (Å²) in [6.07, 6.45) is 4.24. The molecule has 1 heterocycles. The van der Waals surface area contributed by atoms with Crippen molar-refractivity contribution >= 4 is 12.4 Å². The lowest BCUT2D eigenvalue weighted by atomic mass is 9.98. The van der Waals surface area contributed by atoms with Gasteiger partial charge in [-0.15, -0.1) is 0 Å². The van der Waals surface area contributed by atoms with E-state index in [1.54, 1.807) is 4.90 Å². The highest BCUT2D eigenvalue weighted by Gasteiger charge is 2.24. The van der Waals surface area contributed by atoms with Crippen LogP contribution < -0.4 is 0 Å². The first kappa shape index (κ1) is 14.0. The number of carbonyl (C=O) groups is 2. The molecule has 1 fully saturated rings. The van der Waals surface area contributed by atoms with Gasteiger partial charge in [0.1, 0.15) is 11.9 Å². The summed E-state index contributed by atoms with van der Waals surface area (Å²) < 4.78 is 5.35. The number of ether oxygens (including phenoxy) is 1. The molecule has 0 spiro atoms. The molecule has 98 valence electrons. The Kier molecular flexibility index (Phi) is 4.97. The molecule has 1 rings (SSSR count). The quantitative estimate of drug-likeness (QED) is 0.698. The average molecular weight is 241 g/mol. The van der Waals surface area contributed by atoms with Crippen molar-refractivity contribution < 1.29 is 14.3 Å². The topological polar surface area (TPSA) is 46.6 Å². The second-order valence-corrected chi connectivity index (χ2v) is 5.67. The van der Waals surface area contributed by atoms with E-state index in [9.17, 15) is 9.59 Å². The molecule has 1 amide bonds. The molecule has 1 atom stereocenters. The largest absolute Gasteiger partial charge is 0.444 e. The van der Waals surface area contributed by atoms with E-state index >= 15 is 0 Å². The minimum absolute atomic E-state index is 0.232. The lowest BCUT2D eigenvalue weighted by molar-refractivity contribution is -0.108. The summed E-state index contributed by atoms with van der Waals surface area (Å²) in [5.74, 6) is 0.430. The van der Waals surface area contributed by atoms with Crippen LogP contribution in [0.1, 0.15) is 46.5 Å². The van der Waals surface area contributed by atoms with E-state index in [0.717, 1.165) is 32.1 Å². The average Bonchev–Trinajstić information content (AvgIpc) is 2.41. The van der Waals surface area contributed by atoms with Crippen molar-refractivity contribution in [1.29, 1.82) is 0 Å². The molecule has 1 aliphatic heterocycles. The Morgan fingerprint density at radius 2 is 2.06 bits per heavy atom. The van der Waals surface area contributed by atoms with Crippen molar-refractivity contribution in [3.63, 3.8) is 0 Å². The fourth-order valence-electron chi connectivity index (χ4n) is 2.05. The third-order valence-corrected chi connectivity index (χ3v) is 2.93. The molecule has 0 aromatic heterocycles. The summed E-state index contributed by atoms with van der Waals surface area (Å²) >= 11 is 0. The van der Waals surface area contributed by atoms with E-state index in [0.29, 0.717) is 18.9 Å². The number of hydrogen-bond acceptors (Lipinski definition) is 3. The standard InChI is InChI=1S/C13H23NO3/c1-13(2,3)17-12(16)14-8-4-5-11(6-9-14)7-10-15/h10-11H,4-9H2,1-3H3. The van der Waals surface area contributed by atoms with Crippen LogP contribution in [0.15, 0.2) is 0 Å². The molecule has 0 saturated carbocycles. The third-order valence-electron chi connectivity index (χ3n) is 2.93. The molecular formula is C13H23NO3. The van der Waals surface area contributed by atoms with Crippen LogP contribution in [-0.2, 0) is 9.53 Å². The summed E-state index contributed by atoms with van der Waals surface area (Å²) in [7, 11) is 0. The number of nitrogens with zero attached hydrogens (tertiary/aromatic N) is 1. The molecule has 4 heteroatoms. The van der Waals surface area contributed by atoms with Gasteiger partial charge in [-0.3, -0.25) is 0 Å². The van der Waals surface area contributed by atoms with E-state index in [-0.39, 0.29) is 6.09 Å². The van der Waals surface area contributed by atoms with Gasteiger partial charge < -0.3 is 14.4 Å². The molecule has 4 nitrogen and oxygen atoms in total. The number of carbonyl (C=O) groups excluding carboxylic acids is 2. The van der Waals surface area contributed by atoms with Crippen LogP contribution in [0.3, 0.4) is 0 Å². The Morgan fingerprint density at radius 1 is 1.35 bits per heavy atom. The van der Waals surface area contributed by atoms with Crippen LogP contribution in [0.4, 0.5) is 4.79 Å². The van der Waals surface area contributed by atoms with E-state index < -0.39 is 5.60 Å². The van der Waals surface area contributed by atoms with Gasteiger partial charge >= 0.3 is 6.09 Å². The minimum Gasteiger partial charge on any atom is -0.444 e. The molecule has 0 radical (unpaired) electrons. The van der Waals surface area contributed by atoms with Crippen LogP contribution >= 0.6 is 0 Å². The SMILES string of the molecule is CC(C)(C)OC(=O)N1CCCC(CC=O)CC1. The van der Waals surface area contributed by atoms with Gasteiger partial charge in [-0.25, -0.2) is 4.79 Å². The minimum atomic E-state index is -0.439. The normalized spacial score (nSPS) is 21.8. The second kappa shape index (κ2) is 6.03. The van der Waals surface area contributed by atoms with Crippen LogP contribution in [0, 0.1) is 5.92 Å². The summed E-state index contributed by atoms with van der Waals surface area (Å²) in [5.41, 5.74) is -0.439. The molecular weight excluding hydrogens is 218 g/mol. The Morgan fingerprint density at radius 3 is 2.65 bits per heavy atom. The fourth-order valence-corrected chi connectivity index (χ4v) is 2.05. The lowest BCUT2D eigenvalue weighted by Gasteiger charge is -2.26. The van der Waals surface area contributed by atoms with Crippen molar-refractivity contribution in [2.75, 3.05) is 13.1 Å². The van der Waals surface area contributed by atoms with Crippen LogP contribution in [0.25, 0.3) is 0 Å². The van der Waals surface area contributed by atoms with Gasteiger partial charge in [0.15, 0.2) is 0 Å². The third kappa shape index (κ3) is 5.20. The van der Waals surface area contributed by atoms with Gasteiger partial charge in [0.05, 0.1) is 0 Å². The molecule has 0 aromatic carbocycles. The lowest BCUT2D eigenvalue weighted by Crippen LogP contribution is -2.37. The number of hydrogen-bond donors (Lipinski definition) is 0. The number of rotatable bonds is 2. The van der Waals surface area contributed by atoms with Gasteiger partial charge in [-0.2, -0.15) is 0 Å². The highest BCUT2D eigenvalue weighted by atomic mass is 16.6. The maximum atomic E-state index is 11.9. The maximum Gasteiger partial charge on any atom is 0.410 e. The van der Waals surface area contributed by atoms with Crippen molar-refractivity contribution in [3.8, 4) is 0 Å². The molecule has 1 aliphatic rings. The van der Waals surface area contributed by atoms with Gasteiger partial charge in [-0.1, -0.05) is 0 Å². The molecule has 1 unspecified atom stereocenters. The summed E-state index contributed by atoms with van der Waals surface area (Å²) in [6, 6.07) is 0. The zero-order valence-electron chi connectivity index (χ0n) is 11.1. The maximum absolute atomic E-state index is 11.9. The Bertz CT molecular complexity index is 270. The van der Waals surface area contributed by atoms with E-state index in [1.165, 1.54) is 0 Å². The van der Waals surface area contributed by atoms with E-state index in [4.69, 9.17) is 4.74 Å². The molecule has 0 aromatic rings. The Hall–Kier alpha value is -1.06. The smallest absolute Gasteiger partial charge is 0.410 e. The van der Waals surface area contributed by atoms with Crippen molar-refractivity contribution in [3.05, 3.63) is 0 Å². The summed E-state index contributed by atoms with van der Waals surface area (Å²) in [6.45, 7) is 7.06. The monoisotopic (exact) mass is 241 g/mol. The Balaban J connectivity index is 2.45. The zero-order chi connectivity index (χ0) is 12.9. The first-order valence-corrected chi connectivity index (χ1v) is 6.34. The second-order valence-electron chi connectivity index (χ2n) is 5.67. The van der Waals surface area contributed by atoms with Crippen LogP contribution in [-0.4, -0.2) is 36.0 Å². The number of likely N-dealkylation sites (tertiary alicyclic amines) is 1. The van der Waals surface area contributed by atoms with Gasteiger partial charge in [-0.05, 0) is 46.0 Å². The van der Waals surface area contributed by atoms with Crippen molar-refractivity contribution in [2.24, 2.45) is 5.92 Å². The Labute approximate surface area is 103 Å². The van der Waals surface area contributed by atoms with Gasteiger partial charge in [0.25, 0.3) is 0 Å². The zero-order valence-corrected chi connectivity index (χ0v) is 11.1. The fraction of sp³-hybridized carbons (Fsp3) is 0.846. The van der Waals surface area contributed by atoms with E-state index in [2.05, 4.69) is 0 Å². The number of amides is 1. The van der Waals surface area contributed by atoms with Crippen LogP contribution in [0.2, 0.25) is 0 Å². The molecule has 1 saturated heterocycles. The highest BCUT2D eigenvalue weighted by molar-refractivity contribution is 5.68. The summed E-state index contributed by atoms with van der Waals surface area (Å²) in [4.78, 5) is 24.1.